The number of thiazole rings is 1. The number of anilines is 1. The Labute approximate surface area is 172 Å². The van der Waals surface area contributed by atoms with E-state index in [1.807, 2.05) is 29.3 Å². The van der Waals surface area contributed by atoms with E-state index in [1.165, 1.54) is 4.70 Å². The number of ether oxygens (including phenoxy) is 1. The number of aryl methyl sites for hydroxylation is 1. The van der Waals surface area contributed by atoms with Crippen molar-refractivity contribution < 1.29 is 9.53 Å². The summed E-state index contributed by atoms with van der Waals surface area (Å²) in [7, 11) is 0. The maximum atomic E-state index is 12.8. The standard InChI is InChI=1S/C21H23N5O2S/c22-20-23-13-14-7-12-28-21(19(14)25-20)8-10-26(11-9-21)18(27)6-5-17-24-15-3-1-2-4-16(15)29-17/h1-4,13H,5-12H2,(H2,22,23,25). The number of rotatable bonds is 3. The number of piperidine rings is 1. The zero-order chi connectivity index (χ0) is 19.8. The first-order chi connectivity index (χ1) is 14.1. The number of carbonyl (C=O) groups is 1. The fourth-order valence-electron chi connectivity index (χ4n) is 4.32. The molecule has 1 saturated heterocycles. The van der Waals surface area contributed by atoms with Crippen molar-refractivity contribution in [3.63, 3.8) is 0 Å². The van der Waals surface area contributed by atoms with Crippen LogP contribution in [0.2, 0.25) is 0 Å². The molecular formula is C21H23N5O2S. The van der Waals surface area contributed by atoms with Crippen LogP contribution in [0.1, 0.15) is 35.5 Å². The molecule has 3 aromatic rings. The van der Waals surface area contributed by atoms with Crippen molar-refractivity contribution in [1.29, 1.82) is 0 Å². The largest absolute Gasteiger partial charge is 0.368 e. The summed E-state index contributed by atoms with van der Waals surface area (Å²) in [4.78, 5) is 28.0. The maximum Gasteiger partial charge on any atom is 0.222 e. The molecule has 150 valence electrons. The monoisotopic (exact) mass is 409 g/mol. The van der Waals surface area contributed by atoms with Gasteiger partial charge in [-0.1, -0.05) is 12.1 Å². The summed E-state index contributed by atoms with van der Waals surface area (Å²) in [5, 5.41) is 1.02. The molecule has 0 unspecified atom stereocenters. The highest BCUT2D eigenvalue weighted by Gasteiger charge is 2.43. The Hall–Kier alpha value is -2.58. The zero-order valence-electron chi connectivity index (χ0n) is 16.1. The summed E-state index contributed by atoms with van der Waals surface area (Å²) < 4.78 is 7.36. The molecule has 2 aromatic heterocycles. The van der Waals surface area contributed by atoms with E-state index in [0.717, 1.165) is 41.0 Å². The van der Waals surface area contributed by atoms with Gasteiger partial charge in [-0.15, -0.1) is 11.3 Å². The number of aromatic nitrogens is 3. The summed E-state index contributed by atoms with van der Waals surface area (Å²) in [6.45, 7) is 2.00. The lowest BCUT2D eigenvalue weighted by atomic mass is 9.83. The highest BCUT2D eigenvalue weighted by atomic mass is 32.1. The number of amides is 1. The molecule has 2 aliphatic heterocycles. The van der Waals surface area contributed by atoms with Crippen molar-refractivity contribution in [1.82, 2.24) is 19.9 Å². The molecule has 7 nitrogen and oxygen atoms in total. The number of para-hydroxylation sites is 1. The molecule has 0 atom stereocenters. The Kier molecular flexibility index (Phi) is 4.67. The van der Waals surface area contributed by atoms with Gasteiger partial charge in [-0.2, -0.15) is 0 Å². The van der Waals surface area contributed by atoms with E-state index in [1.54, 1.807) is 11.3 Å². The van der Waals surface area contributed by atoms with E-state index < -0.39 is 5.60 Å². The van der Waals surface area contributed by atoms with Crippen LogP contribution in [0.3, 0.4) is 0 Å². The van der Waals surface area contributed by atoms with Gasteiger partial charge in [0.05, 0.1) is 27.5 Å². The molecule has 2 N–H and O–H groups in total. The maximum absolute atomic E-state index is 12.8. The molecule has 2 aliphatic rings. The van der Waals surface area contributed by atoms with E-state index in [2.05, 4.69) is 21.0 Å². The molecular weight excluding hydrogens is 386 g/mol. The van der Waals surface area contributed by atoms with Crippen molar-refractivity contribution in [3.8, 4) is 0 Å². The molecule has 1 spiro atoms. The molecule has 5 rings (SSSR count). The fraction of sp³-hybridized carbons (Fsp3) is 0.429. The average Bonchev–Trinajstić information content (AvgIpc) is 3.16. The summed E-state index contributed by atoms with van der Waals surface area (Å²) >= 11 is 1.67. The van der Waals surface area contributed by atoms with Crippen molar-refractivity contribution >= 4 is 33.4 Å². The Morgan fingerprint density at radius 1 is 1.24 bits per heavy atom. The molecule has 1 aromatic carbocycles. The van der Waals surface area contributed by atoms with Gasteiger partial charge >= 0.3 is 0 Å². The predicted octanol–water partition coefficient (Wildman–Crippen LogP) is 2.69. The highest BCUT2D eigenvalue weighted by Crippen LogP contribution is 2.40. The Bertz CT molecular complexity index is 1030. The number of carbonyl (C=O) groups excluding carboxylic acids is 1. The minimum atomic E-state index is -0.436. The second-order valence-corrected chi connectivity index (χ2v) is 8.77. The number of fused-ring (bicyclic) bond motifs is 3. The van der Waals surface area contributed by atoms with E-state index in [0.29, 0.717) is 32.5 Å². The second kappa shape index (κ2) is 7.35. The Morgan fingerprint density at radius 3 is 2.90 bits per heavy atom. The molecule has 1 amide bonds. The highest BCUT2D eigenvalue weighted by molar-refractivity contribution is 7.18. The first kappa shape index (κ1) is 18.4. The topological polar surface area (TPSA) is 94.2 Å². The predicted molar refractivity (Wildman–Crippen MR) is 112 cm³/mol. The number of benzene rings is 1. The number of hydrogen-bond donors (Lipinski definition) is 1. The van der Waals surface area contributed by atoms with Gasteiger partial charge < -0.3 is 15.4 Å². The van der Waals surface area contributed by atoms with Crippen molar-refractivity contribution in [3.05, 3.63) is 46.7 Å². The van der Waals surface area contributed by atoms with Crippen LogP contribution in [0.15, 0.2) is 30.5 Å². The zero-order valence-corrected chi connectivity index (χ0v) is 17.0. The summed E-state index contributed by atoms with van der Waals surface area (Å²) in [6, 6.07) is 8.09. The van der Waals surface area contributed by atoms with Gasteiger partial charge in [0.15, 0.2) is 0 Å². The first-order valence-corrected chi connectivity index (χ1v) is 10.8. The summed E-state index contributed by atoms with van der Waals surface area (Å²) in [6.07, 6.45) is 5.27. The fourth-order valence-corrected chi connectivity index (χ4v) is 5.29. The number of nitrogens with two attached hydrogens (primary N) is 1. The lowest BCUT2D eigenvalue weighted by Gasteiger charge is -2.44. The molecule has 0 saturated carbocycles. The summed E-state index contributed by atoms with van der Waals surface area (Å²) in [5.41, 5.74) is 8.42. The van der Waals surface area contributed by atoms with Gasteiger partial charge in [-0.05, 0) is 37.0 Å². The smallest absolute Gasteiger partial charge is 0.222 e. The third-order valence-electron chi connectivity index (χ3n) is 5.88. The van der Waals surface area contributed by atoms with Crippen molar-refractivity contribution in [2.24, 2.45) is 0 Å². The number of likely N-dealkylation sites (tertiary alicyclic amines) is 1. The van der Waals surface area contributed by atoms with Crippen LogP contribution < -0.4 is 5.73 Å². The Morgan fingerprint density at radius 2 is 2.07 bits per heavy atom. The van der Waals surface area contributed by atoms with Crippen LogP contribution in [0.25, 0.3) is 10.2 Å². The van der Waals surface area contributed by atoms with Crippen molar-refractivity contribution in [2.45, 2.75) is 37.7 Å². The number of hydrogen-bond acceptors (Lipinski definition) is 7. The second-order valence-electron chi connectivity index (χ2n) is 7.65. The molecule has 1 fully saturated rings. The van der Waals surface area contributed by atoms with Gasteiger partial charge in [-0.3, -0.25) is 4.79 Å². The Balaban J connectivity index is 1.23. The van der Waals surface area contributed by atoms with E-state index in [-0.39, 0.29) is 11.9 Å². The molecule has 0 bridgehead atoms. The van der Waals surface area contributed by atoms with E-state index >= 15 is 0 Å². The van der Waals surface area contributed by atoms with E-state index in [9.17, 15) is 4.79 Å². The van der Waals surface area contributed by atoms with Crippen LogP contribution in [-0.4, -0.2) is 45.5 Å². The quantitative estimate of drug-likeness (QED) is 0.715. The van der Waals surface area contributed by atoms with Crippen LogP contribution >= 0.6 is 11.3 Å². The van der Waals surface area contributed by atoms with Gasteiger partial charge in [0.1, 0.15) is 5.60 Å². The van der Waals surface area contributed by atoms with Gasteiger partial charge in [-0.25, -0.2) is 15.0 Å². The van der Waals surface area contributed by atoms with Gasteiger partial charge in [0.2, 0.25) is 11.9 Å². The van der Waals surface area contributed by atoms with E-state index in [4.69, 9.17) is 10.5 Å². The third kappa shape index (κ3) is 3.47. The van der Waals surface area contributed by atoms with Gasteiger partial charge in [0.25, 0.3) is 0 Å². The minimum absolute atomic E-state index is 0.178. The number of nitrogens with zero attached hydrogens (tertiary/aromatic N) is 4. The third-order valence-corrected chi connectivity index (χ3v) is 6.98. The van der Waals surface area contributed by atoms with Crippen LogP contribution in [-0.2, 0) is 28.0 Å². The lowest BCUT2D eigenvalue weighted by molar-refractivity contribution is -0.141. The number of nitrogen functional groups attached to an aromatic ring is 1. The lowest BCUT2D eigenvalue weighted by Crippen LogP contribution is -2.49. The summed E-state index contributed by atoms with van der Waals surface area (Å²) in [5.74, 6) is 0.459. The van der Waals surface area contributed by atoms with Gasteiger partial charge in [0, 0.05) is 32.1 Å². The minimum Gasteiger partial charge on any atom is -0.368 e. The normalized spacial score (nSPS) is 18.1. The molecule has 0 aliphatic carbocycles. The molecule has 29 heavy (non-hydrogen) atoms. The van der Waals surface area contributed by atoms with Crippen LogP contribution in [0.4, 0.5) is 5.95 Å². The molecule has 8 heteroatoms. The molecule has 0 radical (unpaired) electrons. The molecule has 4 heterocycles. The SMILES string of the molecule is Nc1ncc2c(n1)C1(CCN(C(=O)CCc3nc4ccccc4s3)CC1)OCC2. The average molecular weight is 410 g/mol. The van der Waals surface area contributed by atoms with Crippen LogP contribution in [0.5, 0.6) is 0 Å². The van der Waals surface area contributed by atoms with Crippen LogP contribution in [0, 0.1) is 0 Å². The first-order valence-electron chi connectivity index (χ1n) is 10.0. The van der Waals surface area contributed by atoms with Crippen molar-refractivity contribution in [2.75, 3.05) is 25.4 Å².